The van der Waals surface area contributed by atoms with Gasteiger partial charge in [0.15, 0.2) is 0 Å². The summed E-state index contributed by atoms with van der Waals surface area (Å²) in [6, 6.07) is 10.2. The number of halogens is 1. The van der Waals surface area contributed by atoms with Crippen molar-refractivity contribution < 1.29 is 9.18 Å². The van der Waals surface area contributed by atoms with Gasteiger partial charge in [-0.1, -0.05) is 13.8 Å². The number of pyridine rings is 1. The SMILES string of the molecule is CC(C)CC(=O)Nc1cc(-c2cn(C(C)C)nc2-c2ccc(F)cc2)ccn1. The van der Waals surface area contributed by atoms with E-state index in [0.717, 1.165) is 22.4 Å². The Bertz CT molecular complexity index is 961. The molecule has 1 amide bonds. The molecule has 0 saturated heterocycles. The second kappa shape index (κ2) is 8.33. The lowest BCUT2D eigenvalue weighted by molar-refractivity contribution is -0.116. The molecule has 0 aliphatic rings. The summed E-state index contributed by atoms with van der Waals surface area (Å²) in [6.45, 7) is 8.10. The molecule has 0 atom stereocenters. The van der Waals surface area contributed by atoms with Gasteiger partial charge in [0.05, 0.1) is 0 Å². The standard InChI is InChI=1S/C22H25FN4O/c1-14(2)11-21(28)25-20-12-17(9-10-24-20)19-13-27(15(3)4)26-22(19)16-5-7-18(23)8-6-16/h5-10,12-15H,11H2,1-4H3,(H,24,25,28). The predicted molar refractivity (Wildman–Crippen MR) is 109 cm³/mol. The number of aromatic nitrogens is 3. The summed E-state index contributed by atoms with van der Waals surface area (Å²) in [6.07, 6.45) is 4.08. The van der Waals surface area contributed by atoms with Crippen LogP contribution < -0.4 is 5.32 Å². The van der Waals surface area contributed by atoms with Crippen molar-refractivity contribution in [3.63, 3.8) is 0 Å². The molecule has 0 spiro atoms. The van der Waals surface area contributed by atoms with Crippen LogP contribution in [0.3, 0.4) is 0 Å². The van der Waals surface area contributed by atoms with Crippen LogP contribution in [0.1, 0.15) is 40.2 Å². The maximum atomic E-state index is 13.3. The second-order valence-electron chi connectivity index (χ2n) is 7.55. The summed E-state index contributed by atoms with van der Waals surface area (Å²) in [7, 11) is 0. The van der Waals surface area contributed by atoms with Gasteiger partial charge in [0.2, 0.25) is 5.91 Å². The molecule has 0 fully saturated rings. The highest BCUT2D eigenvalue weighted by molar-refractivity contribution is 5.91. The van der Waals surface area contributed by atoms with Crippen LogP contribution in [0.25, 0.3) is 22.4 Å². The molecule has 3 rings (SSSR count). The van der Waals surface area contributed by atoms with Crippen molar-refractivity contribution in [3.8, 4) is 22.4 Å². The molecule has 0 saturated carbocycles. The minimum atomic E-state index is -0.285. The lowest BCUT2D eigenvalue weighted by atomic mass is 10.0. The van der Waals surface area contributed by atoms with Crippen LogP contribution in [0, 0.1) is 11.7 Å². The van der Waals surface area contributed by atoms with E-state index in [4.69, 9.17) is 5.10 Å². The Balaban J connectivity index is 1.99. The highest BCUT2D eigenvalue weighted by Crippen LogP contribution is 2.33. The fourth-order valence-electron chi connectivity index (χ4n) is 2.92. The Morgan fingerprint density at radius 2 is 1.82 bits per heavy atom. The van der Waals surface area contributed by atoms with Crippen molar-refractivity contribution >= 4 is 11.7 Å². The smallest absolute Gasteiger partial charge is 0.225 e. The minimum Gasteiger partial charge on any atom is -0.311 e. The Hall–Kier alpha value is -3.02. The number of nitrogens with zero attached hydrogens (tertiary/aromatic N) is 3. The van der Waals surface area contributed by atoms with Gasteiger partial charge in [-0.15, -0.1) is 0 Å². The van der Waals surface area contributed by atoms with Gasteiger partial charge in [-0.3, -0.25) is 9.48 Å². The quantitative estimate of drug-likeness (QED) is 0.630. The highest BCUT2D eigenvalue weighted by Gasteiger charge is 2.16. The number of nitrogens with one attached hydrogen (secondary N) is 1. The molecule has 6 heteroatoms. The van der Waals surface area contributed by atoms with Gasteiger partial charge in [-0.05, 0) is 61.7 Å². The van der Waals surface area contributed by atoms with Gasteiger partial charge in [0.25, 0.3) is 0 Å². The van der Waals surface area contributed by atoms with Crippen LogP contribution in [0.4, 0.5) is 10.2 Å². The number of hydrogen-bond donors (Lipinski definition) is 1. The van der Waals surface area contributed by atoms with Crippen molar-refractivity contribution in [2.45, 2.75) is 40.2 Å². The summed E-state index contributed by atoms with van der Waals surface area (Å²) in [5.74, 6) is 0.437. The monoisotopic (exact) mass is 380 g/mol. The van der Waals surface area contributed by atoms with Crippen LogP contribution >= 0.6 is 0 Å². The molecule has 3 aromatic rings. The molecule has 1 N–H and O–H groups in total. The summed E-state index contributed by atoms with van der Waals surface area (Å²) >= 11 is 0. The van der Waals surface area contributed by atoms with E-state index in [0.29, 0.717) is 12.2 Å². The van der Waals surface area contributed by atoms with E-state index in [9.17, 15) is 9.18 Å². The van der Waals surface area contributed by atoms with Crippen LogP contribution in [-0.2, 0) is 4.79 Å². The molecule has 0 bridgehead atoms. The summed E-state index contributed by atoms with van der Waals surface area (Å²) in [4.78, 5) is 16.3. The van der Waals surface area contributed by atoms with Crippen molar-refractivity contribution in [2.24, 2.45) is 5.92 Å². The number of amides is 1. The second-order valence-corrected chi connectivity index (χ2v) is 7.55. The third kappa shape index (κ3) is 4.63. The zero-order valence-corrected chi connectivity index (χ0v) is 16.6. The van der Waals surface area contributed by atoms with Crippen LogP contribution in [-0.4, -0.2) is 20.7 Å². The summed E-state index contributed by atoms with van der Waals surface area (Å²) in [5, 5.41) is 7.56. The number of hydrogen-bond acceptors (Lipinski definition) is 3. The Morgan fingerprint density at radius 3 is 2.46 bits per heavy atom. The van der Waals surface area contributed by atoms with E-state index in [1.54, 1.807) is 18.3 Å². The molecular formula is C22H25FN4O. The average Bonchev–Trinajstić information content (AvgIpc) is 3.07. The normalized spacial score (nSPS) is 11.2. The van der Waals surface area contributed by atoms with E-state index >= 15 is 0 Å². The fourth-order valence-corrected chi connectivity index (χ4v) is 2.92. The van der Waals surface area contributed by atoms with Gasteiger partial charge in [-0.2, -0.15) is 5.10 Å². The lowest BCUT2D eigenvalue weighted by Gasteiger charge is -2.08. The zero-order chi connectivity index (χ0) is 20.3. The van der Waals surface area contributed by atoms with Crippen molar-refractivity contribution in [1.29, 1.82) is 0 Å². The van der Waals surface area contributed by atoms with Crippen LogP contribution in [0.2, 0.25) is 0 Å². The van der Waals surface area contributed by atoms with E-state index in [-0.39, 0.29) is 23.7 Å². The first-order chi connectivity index (χ1) is 13.3. The molecule has 0 aliphatic carbocycles. The summed E-state index contributed by atoms with van der Waals surface area (Å²) < 4.78 is 15.2. The van der Waals surface area contributed by atoms with E-state index < -0.39 is 0 Å². The third-order valence-corrected chi connectivity index (χ3v) is 4.31. The molecule has 0 radical (unpaired) electrons. The lowest BCUT2D eigenvalue weighted by Crippen LogP contribution is -2.14. The Kier molecular flexibility index (Phi) is 5.87. The van der Waals surface area contributed by atoms with Gasteiger partial charge < -0.3 is 5.32 Å². The Labute approximate surface area is 164 Å². The molecule has 28 heavy (non-hydrogen) atoms. The number of carbonyl (C=O) groups is 1. The van der Waals surface area contributed by atoms with Crippen molar-refractivity contribution in [3.05, 3.63) is 54.6 Å². The third-order valence-electron chi connectivity index (χ3n) is 4.31. The van der Waals surface area contributed by atoms with E-state index in [2.05, 4.69) is 24.1 Å². The molecule has 1 aromatic carbocycles. The van der Waals surface area contributed by atoms with E-state index in [1.165, 1.54) is 12.1 Å². The first-order valence-corrected chi connectivity index (χ1v) is 9.45. The number of benzene rings is 1. The first kappa shape index (κ1) is 19.7. The van der Waals surface area contributed by atoms with Gasteiger partial charge in [0, 0.05) is 36.0 Å². The molecule has 0 unspecified atom stereocenters. The number of carbonyl (C=O) groups excluding carboxylic acids is 1. The highest BCUT2D eigenvalue weighted by atomic mass is 19.1. The molecule has 2 aromatic heterocycles. The predicted octanol–water partition coefficient (Wildman–Crippen LogP) is 5.32. The van der Waals surface area contributed by atoms with Crippen LogP contribution in [0.5, 0.6) is 0 Å². The van der Waals surface area contributed by atoms with E-state index in [1.807, 2.05) is 36.9 Å². The molecule has 2 heterocycles. The molecular weight excluding hydrogens is 355 g/mol. The van der Waals surface area contributed by atoms with Crippen molar-refractivity contribution in [2.75, 3.05) is 5.32 Å². The summed E-state index contributed by atoms with van der Waals surface area (Å²) in [5.41, 5.74) is 3.39. The van der Waals surface area contributed by atoms with Gasteiger partial charge in [0.1, 0.15) is 17.3 Å². The zero-order valence-electron chi connectivity index (χ0n) is 16.6. The molecule has 5 nitrogen and oxygen atoms in total. The number of rotatable bonds is 6. The topological polar surface area (TPSA) is 59.8 Å². The largest absolute Gasteiger partial charge is 0.311 e. The fraction of sp³-hybridized carbons (Fsp3) is 0.318. The maximum absolute atomic E-state index is 13.3. The van der Waals surface area contributed by atoms with Crippen LogP contribution in [0.15, 0.2) is 48.8 Å². The van der Waals surface area contributed by atoms with Gasteiger partial charge >= 0.3 is 0 Å². The van der Waals surface area contributed by atoms with Gasteiger partial charge in [-0.25, -0.2) is 9.37 Å². The molecule has 0 aliphatic heterocycles. The Morgan fingerprint density at radius 1 is 1.11 bits per heavy atom. The minimum absolute atomic E-state index is 0.0590. The first-order valence-electron chi connectivity index (χ1n) is 9.45. The number of anilines is 1. The average molecular weight is 380 g/mol. The molecule has 146 valence electrons. The maximum Gasteiger partial charge on any atom is 0.225 e. The van der Waals surface area contributed by atoms with Crippen molar-refractivity contribution in [1.82, 2.24) is 14.8 Å².